The van der Waals surface area contributed by atoms with Crippen molar-refractivity contribution in [1.82, 2.24) is 9.80 Å². The van der Waals surface area contributed by atoms with Crippen LogP contribution in [0.3, 0.4) is 0 Å². The molecule has 8 heteroatoms. The lowest BCUT2D eigenvalue weighted by Gasteiger charge is -2.39. The Kier molecular flexibility index (Phi) is 5.06. The van der Waals surface area contributed by atoms with Crippen molar-refractivity contribution in [3.8, 4) is 0 Å². The molecule has 0 aromatic carbocycles. The molecule has 1 aliphatic carbocycles. The number of carbonyl (C=O) groups excluding carboxylic acids is 2. The van der Waals surface area contributed by atoms with Crippen LogP contribution in [0.15, 0.2) is 0 Å². The molecule has 1 saturated heterocycles. The van der Waals surface area contributed by atoms with Gasteiger partial charge in [0.25, 0.3) is 0 Å². The summed E-state index contributed by atoms with van der Waals surface area (Å²) in [7, 11) is 0. The Labute approximate surface area is 140 Å². The summed E-state index contributed by atoms with van der Waals surface area (Å²) < 4.78 is 43.0. The minimum absolute atomic E-state index is 0.00338. The largest absolute Gasteiger partial charge is 0.471 e. The van der Waals surface area contributed by atoms with Gasteiger partial charge in [0.05, 0.1) is 0 Å². The molecule has 2 rings (SSSR count). The number of hydrogen-bond donors (Lipinski definition) is 0. The fraction of sp³-hybridized carbons (Fsp3) is 0.875. The lowest BCUT2D eigenvalue weighted by molar-refractivity contribution is -0.186. The maximum absolute atomic E-state index is 12.5. The first-order valence-electron chi connectivity index (χ1n) is 8.27. The van der Waals surface area contributed by atoms with E-state index in [1.807, 2.05) is 6.92 Å². The molecule has 2 fully saturated rings. The number of carbonyl (C=O) groups is 2. The molecule has 2 amide bonds. The molecule has 2 atom stereocenters. The monoisotopic (exact) mass is 350 g/mol. The average molecular weight is 350 g/mol. The number of likely N-dealkylation sites (tertiary alicyclic amines) is 1. The zero-order chi connectivity index (χ0) is 18.3. The van der Waals surface area contributed by atoms with Gasteiger partial charge in [0.15, 0.2) is 0 Å². The Morgan fingerprint density at radius 1 is 1.12 bits per heavy atom. The Balaban J connectivity index is 2.00. The zero-order valence-electron chi connectivity index (χ0n) is 14.5. The Morgan fingerprint density at radius 2 is 1.62 bits per heavy atom. The maximum atomic E-state index is 12.5. The standard InChI is InChI=1S/C16H25F3N2O3/c1-10-9-12(10)21(14(23)24-15(2,3)4)11-5-7-20(8-6-11)13(22)16(17,18)19/h10-12H,5-9H2,1-4H3/t10-,12-/m1/s1. The summed E-state index contributed by atoms with van der Waals surface area (Å²) in [5, 5.41) is 0. The number of piperidine rings is 1. The van der Waals surface area contributed by atoms with E-state index >= 15 is 0 Å². The highest BCUT2D eigenvalue weighted by Crippen LogP contribution is 2.39. The molecule has 5 nitrogen and oxygen atoms in total. The van der Waals surface area contributed by atoms with Crippen LogP contribution in [0.1, 0.15) is 47.0 Å². The molecule has 138 valence electrons. The van der Waals surface area contributed by atoms with Crippen molar-refractivity contribution in [3.05, 3.63) is 0 Å². The number of rotatable bonds is 2. The van der Waals surface area contributed by atoms with Crippen molar-refractivity contribution in [3.63, 3.8) is 0 Å². The molecule has 2 aliphatic rings. The van der Waals surface area contributed by atoms with Crippen LogP contribution in [-0.2, 0) is 9.53 Å². The van der Waals surface area contributed by atoms with Gasteiger partial charge in [0.1, 0.15) is 5.60 Å². The van der Waals surface area contributed by atoms with E-state index in [2.05, 4.69) is 0 Å². The van der Waals surface area contributed by atoms with Gasteiger partial charge < -0.3 is 14.5 Å². The first kappa shape index (κ1) is 18.9. The van der Waals surface area contributed by atoms with Crippen LogP contribution in [0.2, 0.25) is 0 Å². The van der Waals surface area contributed by atoms with Gasteiger partial charge in [-0.15, -0.1) is 0 Å². The van der Waals surface area contributed by atoms with Gasteiger partial charge in [-0.1, -0.05) is 6.92 Å². The summed E-state index contributed by atoms with van der Waals surface area (Å²) in [4.78, 5) is 26.3. The van der Waals surface area contributed by atoms with Crippen molar-refractivity contribution < 1.29 is 27.5 Å². The van der Waals surface area contributed by atoms with E-state index in [9.17, 15) is 22.8 Å². The second-order valence-electron chi connectivity index (χ2n) is 7.69. The molecule has 0 aromatic heterocycles. The topological polar surface area (TPSA) is 49.9 Å². The van der Waals surface area contributed by atoms with E-state index in [1.54, 1.807) is 25.7 Å². The molecular weight excluding hydrogens is 325 g/mol. The van der Waals surface area contributed by atoms with Crippen molar-refractivity contribution >= 4 is 12.0 Å². The molecule has 0 unspecified atom stereocenters. The van der Waals surface area contributed by atoms with E-state index in [-0.39, 0.29) is 25.2 Å². The highest BCUT2D eigenvalue weighted by atomic mass is 19.4. The summed E-state index contributed by atoms with van der Waals surface area (Å²) in [6, 6.07) is -0.109. The number of alkyl halides is 3. The Bertz CT molecular complexity index is 494. The van der Waals surface area contributed by atoms with E-state index in [0.717, 1.165) is 11.3 Å². The Hall–Kier alpha value is -1.47. The predicted octanol–water partition coefficient (Wildman–Crippen LogP) is 3.19. The number of nitrogens with zero attached hydrogens (tertiary/aromatic N) is 2. The van der Waals surface area contributed by atoms with Gasteiger partial charge in [-0.05, 0) is 46.0 Å². The number of ether oxygens (including phenoxy) is 1. The normalized spacial score (nSPS) is 25.4. The number of hydrogen-bond acceptors (Lipinski definition) is 3. The highest BCUT2D eigenvalue weighted by molar-refractivity contribution is 5.82. The predicted molar refractivity (Wildman–Crippen MR) is 81.3 cm³/mol. The second-order valence-corrected chi connectivity index (χ2v) is 7.69. The van der Waals surface area contributed by atoms with Crippen molar-refractivity contribution in [2.45, 2.75) is 70.8 Å². The Morgan fingerprint density at radius 3 is 2.00 bits per heavy atom. The van der Waals surface area contributed by atoms with E-state index in [1.165, 1.54) is 0 Å². The van der Waals surface area contributed by atoms with Gasteiger partial charge in [0.2, 0.25) is 0 Å². The van der Waals surface area contributed by atoms with Gasteiger partial charge in [-0.2, -0.15) is 13.2 Å². The van der Waals surface area contributed by atoms with Crippen LogP contribution < -0.4 is 0 Å². The second kappa shape index (κ2) is 6.44. The lowest BCUT2D eigenvalue weighted by Crippen LogP contribution is -2.53. The van der Waals surface area contributed by atoms with Crippen molar-refractivity contribution in [1.29, 1.82) is 0 Å². The third-order valence-electron chi connectivity index (χ3n) is 4.42. The molecule has 0 spiro atoms. The molecule has 0 bridgehead atoms. The van der Waals surface area contributed by atoms with Crippen LogP contribution in [0.5, 0.6) is 0 Å². The number of amides is 2. The summed E-state index contributed by atoms with van der Waals surface area (Å²) in [5.41, 5.74) is -0.625. The van der Waals surface area contributed by atoms with E-state index in [4.69, 9.17) is 4.74 Å². The fourth-order valence-electron chi connectivity index (χ4n) is 3.09. The molecule has 0 N–H and O–H groups in total. The zero-order valence-corrected chi connectivity index (χ0v) is 14.5. The highest BCUT2D eigenvalue weighted by Gasteiger charge is 2.48. The van der Waals surface area contributed by atoms with Gasteiger partial charge >= 0.3 is 18.2 Å². The van der Waals surface area contributed by atoms with Gasteiger partial charge in [-0.3, -0.25) is 4.79 Å². The molecule has 1 saturated carbocycles. The fourth-order valence-corrected chi connectivity index (χ4v) is 3.09. The third kappa shape index (κ3) is 4.54. The molecule has 1 aliphatic heterocycles. The SMILES string of the molecule is C[C@@H]1C[C@H]1N(C(=O)OC(C)(C)C)C1CCN(C(=O)C(F)(F)F)CC1. The lowest BCUT2D eigenvalue weighted by atomic mass is 10.0. The molecular formula is C16H25F3N2O3. The first-order valence-corrected chi connectivity index (χ1v) is 8.27. The van der Waals surface area contributed by atoms with Crippen molar-refractivity contribution in [2.24, 2.45) is 5.92 Å². The molecule has 1 heterocycles. The summed E-state index contributed by atoms with van der Waals surface area (Å²) in [6.45, 7) is 7.38. The molecule has 24 heavy (non-hydrogen) atoms. The van der Waals surface area contributed by atoms with Crippen LogP contribution >= 0.6 is 0 Å². The smallest absolute Gasteiger partial charge is 0.444 e. The average Bonchev–Trinajstić information content (AvgIpc) is 3.12. The third-order valence-corrected chi connectivity index (χ3v) is 4.42. The van der Waals surface area contributed by atoms with Crippen molar-refractivity contribution in [2.75, 3.05) is 13.1 Å². The minimum atomic E-state index is -4.84. The van der Waals surface area contributed by atoms with Crippen LogP contribution in [-0.4, -0.2) is 58.8 Å². The minimum Gasteiger partial charge on any atom is -0.444 e. The van der Waals surface area contributed by atoms with Gasteiger partial charge in [-0.25, -0.2) is 4.79 Å². The first-order chi connectivity index (χ1) is 10.9. The van der Waals surface area contributed by atoms with Gasteiger partial charge in [0, 0.05) is 25.2 Å². The van der Waals surface area contributed by atoms with Crippen LogP contribution in [0.4, 0.5) is 18.0 Å². The summed E-state index contributed by atoms with van der Waals surface area (Å²) in [5.74, 6) is -1.43. The molecule has 0 aromatic rings. The summed E-state index contributed by atoms with van der Waals surface area (Å²) >= 11 is 0. The maximum Gasteiger partial charge on any atom is 0.471 e. The van der Waals surface area contributed by atoms with E-state index < -0.39 is 23.8 Å². The van der Waals surface area contributed by atoms with Crippen LogP contribution in [0.25, 0.3) is 0 Å². The summed E-state index contributed by atoms with van der Waals surface area (Å²) in [6.07, 6.45) is -3.71. The van der Waals surface area contributed by atoms with Crippen LogP contribution in [0, 0.1) is 5.92 Å². The number of halogens is 3. The molecule has 0 radical (unpaired) electrons. The quantitative estimate of drug-likeness (QED) is 0.769. The van der Waals surface area contributed by atoms with E-state index in [0.29, 0.717) is 18.8 Å².